The Morgan fingerprint density at radius 3 is 2.76 bits per heavy atom. The van der Waals surface area contributed by atoms with Crippen LogP contribution >= 0.6 is 11.6 Å². The first-order valence-electron chi connectivity index (χ1n) is 7.09. The highest BCUT2D eigenvalue weighted by Crippen LogP contribution is 2.33. The number of hydrogen-bond donors (Lipinski definition) is 1. The third kappa shape index (κ3) is 3.14. The summed E-state index contributed by atoms with van der Waals surface area (Å²) < 4.78 is 5.75. The van der Waals surface area contributed by atoms with Crippen molar-refractivity contribution in [1.29, 1.82) is 0 Å². The molecule has 1 heterocycles. The number of benzene rings is 2. The first-order valence-corrected chi connectivity index (χ1v) is 7.47. The highest BCUT2D eigenvalue weighted by atomic mass is 35.5. The third-order valence-electron chi connectivity index (χ3n) is 3.76. The SMILES string of the molecule is CN(Cc1ccccc1N)Cc1cc(Cl)cc2c1OCC2. The number of anilines is 1. The summed E-state index contributed by atoms with van der Waals surface area (Å²) in [5.74, 6) is 1.01. The number of hydrogen-bond acceptors (Lipinski definition) is 3. The Morgan fingerprint density at radius 2 is 1.95 bits per heavy atom. The van der Waals surface area contributed by atoms with Crippen LogP contribution in [0.15, 0.2) is 36.4 Å². The molecule has 1 aliphatic rings. The molecule has 0 bridgehead atoms. The van der Waals surface area contributed by atoms with Gasteiger partial charge in [-0.3, -0.25) is 4.90 Å². The van der Waals surface area contributed by atoms with Crippen LogP contribution in [0.25, 0.3) is 0 Å². The highest BCUT2D eigenvalue weighted by molar-refractivity contribution is 6.30. The fourth-order valence-corrected chi connectivity index (χ4v) is 3.04. The summed E-state index contributed by atoms with van der Waals surface area (Å²) in [6.45, 7) is 2.34. The van der Waals surface area contributed by atoms with E-state index < -0.39 is 0 Å². The van der Waals surface area contributed by atoms with Crippen LogP contribution in [-0.4, -0.2) is 18.6 Å². The monoisotopic (exact) mass is 302 g/mol. The van der Waals surface area contributed by atoms with Gasteiger partial charge in [0.05, 0.1) is 6.61 Å². The number of nitrogens with zero attached hydrogens (tertiary/aromatic N) is 1. The van der Waals surface area contributed by atoms with Crippen LogP contribution in [0.5, 0.6) is 5.75 Å². The molecule has 21 heavy (non-hydrogen) atoms. The molecule has 0 aliphatic carbocycles. The van der Waals surface area contributed by atoms with Gasteiger partial charge in [0.1, 0.15) is 5.75 Å². The van der Waals surface area contributed by atoms with Gasteiger partial charge in [0.25, 0.3) is 0 Å². The second-order valence-corrected chi connectivity index (χ2v) is 5.96. The van der Waals surface area contributed by atoms with Crippen molar-refractivity contribution in [3.8, 4) is 5.75 Å². The molecular formula is C17H19ClN2O. The third-order valence-corrected chi connectivity index (χ3v) is 3.98. The molecular weight excluding hydrogens is 284 g/mol. The predicted octanol–water partition coefficient (Wildman–Crippen LogP) is 3.49. The van der Waals surface area contributed by atoms with Crippen molar-refractivity contribution in [1.82, 2.24) is 4.90 Å². The van der Waals surface area contributed by atoms with Gasteiger partial charge in [-0.1, -0.05) is 29.8 Å². The second-order valence-electron chi connectivity index (χ2n) is 5.52. The second kappa shape index (κ2) is 5.96. The summed E-state index contributed by atoms with van der Waals surface area (Å²) in [6.07, 6.45) is 0.943. The first kappa shape index (κ1) is 14.2. The lowest BCUT2D eigenvalue weighted by Gasteiger charge is -2.19. The van der Waals surface area contributed by atoms with E-state index in [9.17, 15) is 0 Å². The molecule has 3 rings (SSSR count). The van der Waals surface area contributed by atoms with Gasteiger partial charge >= 0.3 is 0 Å². The number of ether oxygens (including phenoxy) is 1. The molecule has 2 aromatic rings. The van der Waals surface area contributed by atoms with E-state index in [1.807, 2.05) is 30.3 Å². The number of nitrogens with two attached hydrogens (primary N) is 1. The maximum Gasteiger partial charge on any atom is 0.127 e. The van der Waals surface area contributed by atoms with Crippen LogP contribution in [-0.2, 0) is 19.5 Å². The molecule has 110 valence electrons. The van der Waals surface area contributed by atoms with Gasteiger partial charge in [0, 0.05) is 35.8 Å². The molecule has 0 saturated heterocycles. The van der Waals surface area contributed by atoms with Crippen molar-refractivity contribution in [2.75, 3.05) is 19.4 Å². The number of halogens is 1. The molecule has 0 radical (unpaired) electrons. The van der Waals surface area contributed by atoms with Gasteiger partial charge in [0.15, 0.2) is 0 Å². The summed E-state index contributed by atoms with van der Waals surface area (Å²) in [7, 11) is 2.08. The lowest BCUT2D eigenvalue weighted by molar-refractivity contribution is 0.304. The van der Waals surface area contributed by atoms with Crippen LogP contribution < -0.4 is 10.5 Å². The fourth-order valence-electron chi connectivity index (χ4n) is 2.78. The van der Waals surface area contributed by atoms with E-state index in [1.165, 1.54) is 5.56 Å². The average molecular weight is 303 g/mol. The molecule has 0 aromatic heterocycles. The molecule has 0 atom stereocenters. The van der Waals surface area contributed by atoms with E-state index in [-0.39, 0.29) is 0 Å². The van der Waals surface area contributed by atoms with Crippen molar-refractivity contribution in [3.05, 3.63) is 58.1 Å². The van der Waals surface area contributed by atoms with Gasteiger partial charge in [0.2, 0.25) is 0 Å². The van der Waals surface area contributed by atoms with Crippen LogP contribution in [0.3, 0.4) is 0 Å². The first-order chi connectivity index (χ1) is 10.1. The number of rotatable bonds is 4. The van der Waals surface area contributed by atoms with E-state index in [0.29, 0.717) is 0 Å². The summed E-state index contributed by atoms with van der Waals surface area (Å²) in [5.41, 5.74) is 10.3. The molecule has 0 amide bonds. The van der Waals surface area contributed by atoms with E-state index >= 15 is 0 Å². The van der Waals surface area contributed by atoms with E-state index in [4.69, 9.17) is 22.1 Å². The highest BCUT2D eigenvalue weighted by Gasteiger charge is 2.18. The standard InChI is InChI=1S/C17H19ClN2O/c1-20(10-13-4-2-3-5-16(13)19)11-14-9-15(18)8-12-6-7-21-17(12)14/h2-5,8-9H,6-7,10-11,19H2,1H3. The summed E-state index contributed by atoms with van der Waals surface area (Å²) in [6, 6.07) is 12.0. The van der Waals surface area contributed by atoms with E-state index in [0.717, 1.165) is 53.7 Å². The van der Waals surface area contributed by atoms with Gasteiger partial charge in [-0.15, -0.1) is 0 Å². The molecule has 0 unspecified atom stereocenters. The molecule has 2 aromatic carbocycles. The van der Waals surface area contributed by atoms with Gasteiger partial charge in [-0.05, 0) is 36.4 Å². The van der Waals surface area contributed by atoms with Gasteiger partial charge in [-0.25, -0.2) is 0 Å². The van der Waals surface area contributed by atoms with Crippen LogP contribution in [0, 0.1) is 0 Å². The maximum absolute atomic E-state index is 6.20. The number of nitrogen functional groups attached to an aromatic ring is 1. The van der Waals surface area contributed by atoms with Crippen LogP contribution in [0.2, 0.25) is 5.02 Å². The smallest absolute Gasteiger partial charge is 0.127 e. The Balaban J connectivity index is 1.77. The molecule has 4 heteroatoms. The normalized spacial score (nSPS) is 13.3. The Morgan fingerprint density at radius 1 is 1.19 bits per heavy atom. The lowest BCUT2D eigenvalue weighted by atomic mass is 10.1. The molecule has 0 fully saturated rings. The van der Waals surface area contributed by atoms with Gasteiger partial charge in [-0.2, -0.15) is 0 Å². The zero-order valence-corrected chi connectivity index (χ0v) is 12.9. The minimum Gasteiger partial charge on any atom is -0.493 e. The Kier molecular flexibility index (Phi) is 4.04. The van der Waals surface area contributed by atoms with Crippen molar-refractivity contribution in [2.45, 2.75) is 19.5 Å². The molecule has 2 N–H and O–H groups in total. The zero-order chi connectivity index (χ0) is 14.8. The Labute approximate surface area is 130 Å². The minimum atomic E-state index is 0.748. The average Bonchev–Trinajstić information content (AvgIpc) is 2.89. The number of para-hydroxylation sites is 1. The Bertz CT molecular complexity index is 657. The van der Waals surface area contributed by atoms with Gasteiger partial charge < -0.3 is 10.5 Å². The van der Waals surface area contributed by atoms with Crippen LogP contribution in [0.1, 0.15) is 16.7 Å². The minimum absolute atomic E-state index is 0.748. The molecule has 1 aliphatic heterocycles. The Hall–Kier alpha value is -1.71. The molecule has 0 saturated carbocycles. The summed E-state index contributed by atoms with van der Waals surface area (Å²) >= 11 is 6.20. The van der Waals surface area contributed by atoms with E-state index in [1.54, 1.807) is 0 Å². The molecule has 3 nitrogen and oxygen atoms in total. The maximum atomic E-state index is 6.20. The van der Waals surface area contributed by atoms with Crippen LogP contribution in [0.4, 0.5) is 5.69 Å². The van der Waals surface area contributed by atoms with Crippen molar-refractivity contribution >= 4 is 17.3 Å². The predicted molar refractivity (Wildman–Crippen MR) is 86.7 cm³/mol. The largest absolute Gasteiger partial charge is 0.493 e. The zero-order valence-electron chi connectivity index (χ0n) is 12.1. The topological polar surface area (TPSA) is 38.5 Å². The van der Waals surface area contributed by atoms with E-state index in [2.05, 4.69) is 18.0 Å². The van der Waals surface area contributed by atoms with Crippen molar-refractivity contribution in [2.24, 2.45) is 0 Å². The lowest BCUT2D eigenvalue weighted by Crippen LogP contribution is -2.18. The summed E-state index contributed by atoms with van der Waals surface area (Å²) in [4.78, 5) is 2.22. The quantitative estimate of drug-likeness (QED) is 0.879. The fraction of sp³-hybridized carbons (Fsp3) is 0.294. The van der Waals surface area contributed by atoms with Crippen molar-refractivity contribution in [3.63, 3.8) is 0 Å². The summed E-state index contributed by atoms with van der Waals surface area (Å²) in [5, 5.41) is 0.780. The molecule has 0 spiro atoms. The van der Waals surface area contributed by atoms with Crippen molar-refractivity contribution < 1.29 is 4.74 Å². The number of fused-ring (bicyclic) bond motifs is 1.